The lowest BCUT2D eigenvalue weighted by molar-refractivity contribution is 0.121. The third-order valence-corrected chi connectivity index (χ3v) is 2.89. The van der Waals surface area contributed by atoms with Crippen LogP contribution < -0.4 is 0 Å². The van der Waals surface area contributed by atoms with Crippen LogP contribution in [0.1, 0.15) is 26.7 Å². The van der Waals surface area contributed by atoms with Gasteiger partial charge in [-0.05, 0) is 24.2 Å². The molecule has 0 bridgehead atoms. The van der Waals surface area contributed by atoms with Crippen LogP contribution >= 0.6 is 0 Å². The van der Waals surface area contributed by atoms with E-state index < -0.39 is 0 Å². The molecule has 0 saturated heterocycles. The Morgan fingerprint density at radius 2 is 2.27 bits per heavy atom. The molecule has 0 spiro atoms. The lowest BCUT2D eigenvalue weighted by atomic mass is 9.64. The zero-order valence-electron chi connectivity index (χ0n) is 7.59. The van der Waals surface area contributed by atoms with Crippen LogP contribution in [-0.2, 0) is 0 Å². The van der Waals surface area contributed by atoms with Gasteiger partial charge in [-0.25, -0.2) is 0 Å². The van der Waals surface area contributed by atoms with Gasteiger partial charge < -0.3 is 0 Å². The molecule has 0 nitrogen and oxygen atoms in total. The SMILES string of the molecule is C=CC=CC1CC(C)C1CC. The largest absolute Gasteiger partial charge is 0.0991 e. The van der Waals surface area contributed by atoms with E-state index >= 15 is 0 Å². The molecule has 1 rings (SSSR count). The smallest absolute Gasteiger partial charge is 0.0197 e. The van der Waals surface area contributed by atoms with Gasteiger partial charge in [0, 0.05) is 0 Å². The Labute approximate surface area is 70.0 Å². The van der Waals surface area contributed by atoms with E-state index in [4.69, 9.17) is 0 Å². The van der Waals surface area contributed by atoms with Crippen molar-refractivity contribution in [3.05, 3.63) is 24.8 Å². The maximum absolute atomic E-state index is 3.67. The molecule has 11 heavy (non-hydrogen) atoms. The summed E-state index contributed by atoms with van der Waals surface area (Å²) in [5.74, 6) is 2.72. The molecule has 0 heteroatoms. The van der Waals surface area contributed by atoms with Crippen molar-refractivity contribution in [1.29, 1.82) is 0 Å². The maximum atomic E-state index is 3.67. The minimum atomic E-state index is 0.841. The van der Waals surface area contributed by atoms with Gasteiger partial charge in [0.25, 0.3) is 0 Å². The highest BCUT2D eigenvalue weighted by molar-refractivity contribution is 5.05. The van der Waals surface area contributed by atoms with E-state index in [0.717, 1.165) is 17.8 Å². The molecule has 0 radical (unpaired) electrons. The molecule has 0 amide bonds. The fourth-order valence-corrected chi connectivity index (χ4v) is 2.15. The van der Waals surface area contributed by atoms with Crippen molar-refractivity contribution >= 4 is 0 Å². The van der Waals surface area contributed by atoms with Gasteiger partial charge in [-0.2, -0.15) is 0 Å². The summed E-state index contributed by atoms with van der Waals surface area (Å²) in [5, 5.41) is 0. The number of hydrogen-bond acceptors (Lipinski definition) is 0. The van der Waals surface area contributed by atoms with Gasteiger partial charge in [0.2, 0.25) is 0 Å². The van der Waals surface area contributed by atoms with Crippen molar-refractivity contribution < 1.29 is 0 Å². The van der Waals surface area contributed by atoms with E-state index in [0.29, 0.717) is 0 Å². The Kier molecular flexibility index (Phi) is 2.92. The van der Waals surface area contributed by atoms with E-state index in [1.54, 1.807) is 0 Å². The second kappa shape index (κ2) is 3.75. The van der Waals surface area contributed by atoms with Gasteiger partial charge in [0.15, 0.2) is 0 Å². The molecule has 62 valence electrons. The molecule has 0 heterocycles. The fraction of sp³-hybridized carbons (Fsp3) is 0.636. The minimum absolute atomic E-state index is 0.841. The van der Waals surface area contributed by atoms with Crippen LogP contribution in [0.2, 0.25) is 0 Å². The normalized spacial score (nSPS) is 37.1. The lowest BCUT2D eigenvalue weighted by Crippen LogP contribution is -2.32. The van der Waals surface area contributed by atoms with E-state index in [-0.39, 0.29) is 0 Å². The zero-order chi connectivity index (χ0) is 8.27. The van der Waals surface area contributed by atoms with E-state index in [1.165, 1.54) is 12.8 Å². The maximum Gasteiger partial charge on any atom is -0.0197 e. The fourth-order valence-electron chi connectivity index (χ4n) is 2.15. The van der Waals surface area contributed by atoms with Crippen molar-refractivity contribution in [3.63, 3.8) is 0 Å². The molecule has 1 aliphatic rings. The highest BCUT2D eigenvalue weighted by atomic mass is 14.4. The van der Waals surface area contributed by atoms with Crippen LogP contribution in [0.5, 0.6) is 0 Å². The summed E-state index contributed by atoms with van der Waals surface area (Å²) in [6.45, 7) is 8.31. The molecular formula is C11H18. The summed E-state index contributed by atoms with van der Waals surface area (Å²) in [6.07, 6.45) is 8.96. The Balaban J connectivity index is 2.38. The molecule has 3 atom stereocenters. The molecule has 3 unspecified atom stereocenters. The Hall–Kier alpha value is -0.520. The van der Waals surface area contributed by atoms with E-state index in [2.05, 4.69) is 32.6 Å². The van der Waals surface area contributed by atoms with Gasteiger partial charge in [0.1, 0.15) is 0 Å². The number of allylic oxidation sites excluding steroid dienone is 3. The third kappa shape index (κ3) is 1.74. The summed E-state index contributed by atoms with van der Waals surface area (Å²) in [7, 11) is 0. The molecule has 0 aliphatic heterocycles. The average molecular weight is 150 g/mol. The van der Waals surface area contributed by atoms with Crippen molar-refractivity contribution in [1.82, 2.24) is 0 Å². The van der Waals surface area contributed by atoms with Crippen LogP contribution in [0.15, 0.2) is 24.8 Å². The van der Waals surface area contributed by atoms with Crippen LogP contribution in [-0.4, -0.2) is 0 Å². The van der Waals surface area contributed by atoms with Crippen molar-refractivity contribution in [3.8, 4) is 0 Å². The summed E-state index contributed by atoms with van der Waals surface area (Å²) in [4.78, 5) is 0. The Morgan fingerprint density at radius 3 is 2.73 bits per heavy atom. The van der Waals surface area contributed by atoms with Gasteiger partial charge in [0.05, 0.1) is 0 Å². The number of hydrogen-bond donors (Lipinski definition) is 0. The first kappa shape index (κ1) is 8.58. The molecule has 0 aromatic heterocycles. The average Bonchev–Trinajstić information content (AvgIpc) is 1.98. The molecule has 0 aromatic rings. The van der Waals surface area contributed by atoms with Crippen LogP contribution in [0, 0.1) is 17.8 Å². The highest BCUT2D eigenvalue weighted by Crippen LogP contribution is 2.42. The van der Waals surface area contributed by atoms with Gasteiger partial charge in [-0.1, -0.05) is 45.1 Å². The molecule has 0 aromatic carbocycles. The van der Waals surface area contributed by atoms with Gasteiger partial charge >= 0.3 is 0 Å². The monoisotopic (exact) mass is 150 g/mol. The summed E-state index contributed by atoms with van der Waals surface area (Å²) in [5.41, 5.74) is 0. The summed E-state index contributed by atoms with van der Waals surface area (Å²) < 4.78 is 0. The Bertz CT molecular complexity index is 155. The second-order valence-electron chi connectivity index (χ2n) is 3.57. The first-order valence-electron chi connectivity index (χ1n) is 4.58. The first-order valence-corrected chi connectivity index (χ1v) is 4.58. The molecule has 1 aliphatic carbocycles. The molecule has 1 saturated carbocycles. The van der Waals surface area contributed by atoms with Crippen molar-refractivity contribution in [2.45, 2.75) is 26.7 Å². The molecular weight excluding hydrogens is 132 g/mol. The molecule has 1 fully saturated rings. The second-order valence-corrected chi connectivity index (χ2v) is 3.57. The van der Waals surface area contributed by atoms with E-state index in [9.17, 15) is 0 Å². The summed E-state index contributed by atoms with van der Waals surface area (Å²) in [6, 6.07) is 0. The standard InChI is InChI=1S/C11H18/c1-4-6-7-10-8-9(3)11(10)5-2/h4,6-7,9-11H,1,5,8H2,2-3H3. The van der Waals surface area contributed by atoms with Gasteiger partial charge in [-0.3, -0.25) is 0 Å². The molecule has 0 N–H and O–H groups in total. The number of rotatable bonds is 3. The predicted octanol–water partition coefficient (Wildman–Crippen LogP) is 3.41. The van der Waals surface area contributed by atoms with Crippen LogP contribution in [0.25, 0.3) is 0 Å². The lowest BCUT2D eigenvalue weighted by Gasteiger charge is -2.41. The van der Waals surface area contributed by atoms with Gasteiger partial charge in [-0.15, -0.1) is 0 Å². The van der Waals surface area contributed by atoms with Crippen LogP contribution in [0.3, 0.4) is 0 Å². The minimum Gasteiger partial charge on any atom is -0.0991 e. The highest BCUT2D eigenvalue weighted by Gasteiger charge is 2.34. The Morgan fingerprint density at radius 1 is 1.55 bits per heavy atom. The predicted molar refractivity (Wildman–Crippen MR) is 50.4 cm³/mol. The zero-order valence-corrected chi connectivity index (χ0v) is 7.59. The van der Waals surface area contributed by atoms with Crippen molar-refractivity contribution in [2.75, 3.05) is 0 Å². The van der Waals surface area contributed by atoms with E-state index in [1.807, 2.05) is 6.08 Å². The topological polar surface area (TPSA) is 0 Å². The first-order chi connectivity index (χ1) is 5.29. The van der Waals surface area contributed by atoms with Crippen molar-refractivity contribution in [2.24, 2.45) is 17.8 Å². The third-order valence-electron chi connectivity index (χ3n) is 2.89. The van der Waals surface area contributed by atoms with Crippen LogP contribution in [0.4, 0.5) is 0 Å². The summed E-state index contributed by atoms with van der Waals surface area (Å²) >= 11 is 0. The quantitative estimate of drug-likeness (QED) is 0.541.